The van der Waals surface area contributed by atoms with Gasteiger partial charge in [0.15, 0.2) is 0 Å². The Kier molecular flexibility index (Phi) is 4.80. The van der Waals surface area contributed by atoms with Crippen molar-refractivity contribution in [1.82, 2.24) is 4.98 Å². The monoisotopic (exact) mass is 270 g/mol. The van der Waals surface area contributed by atoms with Gasteiger partial charge in [-0.3, -0.25) is 4.98 Å². The molecule has 0 unspecified atom stereocenters. The lowest BCUT2D eigenvalue weighted by atomic mass is 9.81. The van der Waals surface area contributed by atoms with E-state index in [1.807, 2.05) is 0 Å². The number of benzene rings is 1. The van der Waals surface area contributed by atoms with Gasteiger partial charge in [0, 0.05) is 24.9 Å². The molecule has 102 valence electrons. The number of hydrogen-bond donors (Lipinski definition) is 1. The molecule has 0 radical (unpaired) electrons. The molecule has 0 amide bonds. The molecule has 0 aliphatic heterocycles. The molecule has 2 rings (SSSR count). The van der Waals surface area contributed by atoms with Crippen LogP contribution in [-0.2, 0) is 0 Å². The number of halogens is 1. The number of aliphatic hydroxyl groups is 1. The zero-order chi connectivity index (χ0) is 14.4. The van der Waals surface area contributed by atoms with Crippen LogP contribution in [0.25, 0.3) is 0 Å². The minimum Gasteiger partial charge on any atom is -0.396 e. The summed E-state index contributed by atoms with van der Waals surface area (Å²) >= 11 is 0. The Hall–Kier alpha value is -2.25. The van der Waals surface area contributed by atoms with Crippen molar-refractivity contribution >= 4 is 0 Å². The topological polar surface area (TPSA) is 56.9 Å². The normalized spacial score (nSPS) is 13.4. The Labute approximate surface area is 117 Å². The van der Waals surface area contributed by atoms with Crippen molar-refractivity contribution in [2.45, 2.75) is 18.3 Å². The van der Waals surface area contributed by atoms with Crippen LogP contribution in [0.1, 0.15) is 29.4 Å². The molecule has 0 bridgehead atoms. The standard InChI is InChI=1S/C16H15FN2O/c17-16-6-2-1-5-14(16)13(7-9-20)15(10-18)12-4-3-8-19-11-12/h1-6,8,11,13,15,20H,7,9H2/t13-,15+/m1/s1. The second-order valence-corrected chi connectivity index (χ2v) is 4.53. The van der Waals surface area contributed by atoms with Crippen LogP contribution < -0.4 is 0 Å². The number of nitrogens with zero attached hydrogens (tertiary/aromatic N) is 2. The van der Waals surface area contributed by atoms with E-state index in [9.17, 15) is 14.8 Å². The Morgan fingerprint density at radius 1 is 1.25 bits per heavy atom. The molecular weight excluding hydrogens is 255 g/mol. The first-order chi connectivity index (χ1) is 9.77. The zero-order valence-corrected chi connectivity index (χ0v) is 10.9. The molecule has 0 aliphatic rings. The predicted octanol–water partition coefficient (Wildman–Crippen LogP) is 2.99. The van der Waals surface area contributed by atoms with E-state index in [0.717, 1.165) is 5.56 Å². The third kappa shape index (κ3) is 3.01. The lowest BCUT2D eigenvalue weighted by molar-refractivity contribution is 0.270. The minimum atomic E-state index is -0.534. The van der Waals surface area contributed by atoms with E-state index in [0.29, 0.717) is 12.0 Å². The Bertz CT molecular complexity index is 595. The molecule has 0 saturated heterocycles. The highest BCUT2D eigenvalue weighted by atomic mass is 19.1. The molecule has 0 fully saturated rings. The first kappa shape index (κ1) is 14.2. The molecule has 0 saturated carbocycles. The number of hydrogen-bond acceptors (Lipinski definition) is 3. The van der Waals surface area contributed by atoms with Gasteiger partial charge in [-0.2, -0.15) is 5.26 Å². The largest absolute Gasteiger partial charge is 0.396 e. The van der Waals surface area contributed by atoms with Crippen molar-refractivity contribution in [1.29, 1.82) is 5.26 Å². The summed E-state index contributed by atoms with van der Waals surface area (Å²) in [6, 6.07) is 12.1. The van der Waals surface area contributed by atoms with E-state index in [1.54, 1.807) is 42.7 Å². The second kappa shape index (κ2) is 6.78. The minimum absolute atomic E-state index is 0.0998. The van der Waals surface area contributed by atoms with Crippen molar-refractivity contribution in [2.24, 2.45) is 0 Å². The van der Waals surface area contributed by atoms with Crippen molar-refractivity contribution in [2.75, 3.05) is 6.61 Å². The molecular formula is C16H15FN2O. The molecule has 4 heteroatoms. The molecule has 1 N–H and O–H groups in total. The van der Waals surface area contributed by atoms with Gasteiger partial charge in [0.25, 0.3) is 0 Å². The van der Waals surface area contributed by atoms with Crippen molar-refractivity contribution < 1.29 is 9.50 Å². The van der Waals surface area contributed by atoms with Crippen LogP contribution in [0.3, 0.4) is 0 Å². The molecule has 1 aromatic heterocycles. The summed E-state index contributed by atoms with van der Waals surface area (Å²) in [6.45, 7) is -0.0998. The van der Waals surface area contributed by atoms with Gasteiger partial charge >= 0.3 is 0 Å². The fourth-order valence-corrected chi connectivity index (χ4v) is 2.37. The zero-order valence-electron chi connectivity index (χ0n) is 10.9. The molecule has 2 atom stereocenters. The van der Waals surface area contributed by atoms with Gasteiger partial charge in [-0.1, -0.05) is 24.3 Å². The Balaban J connectivity index is 2.42. The molecule has 2 aromatic rings. The Morgan fingerprint density at radius 2 is 2.05 bits per heavy atom. The van der Waals surface area contributed by atoms with Crippen LogP contribution in [0.5, 0.6) is 0 Å². The average molecular weight is 270 g/mol. The highest BCUT2D eigenvalue weighted by Gasteiger charge is 2.26. The van der Waals surface area contributed by atoms with E-state index in [4.69, 9.17) is 0 Å². The first-order valence-electron chi connectivity index (χ1n) is 6.42. The maximum absolute atomic E-state index is 14.0. The third-order valence-electron chi connectivity index (χ3n) is 3.33. The number of nitriles is 1. The van der Waals surface area contributed by atoms with Gasteiger partial charge in [-0.05, 0) is 29.7 Å². The van der Waals surface area contributed by atoms with Gasteiger partial charge in [0.2, 0.25) is 0 Å². The number of rotatable bonds is 5. The summed E-state index contributed by atoms with van der Waals surface area (Å²) in [7, 11) is 0. The van der Waals surface area contributed by atoms with Crippen LogP contribution in [0.4, 0.5) is 4.39 Å². The van der Waals surface area contributed by atoms with E-state index in [2.05, 4.69) is 11.1 Å². The average Bonchev–Trinajstić information content (AvgIpc) is 2.49. The van der Waals surface area contributed by atoms with Gasteiger partial charge < -0.3 is 5.11 Å². The molecule has 20 heavy (non-hydrogen) atoms. The Morgan fingerprint density at radius 3 is 2.65 bits per heavy atom. The van der Waals surface area contributed by atoms with Gasteiger partial charge in [0.05, 0.1) is 12.0 Å². The highest BCUT2D eigenvalue weighted by Crippen LogP contribution is 2.35. The van der Waals surface area contributed by atoms with Gasteiger partial charge in [-0.25, -0.2) is 4.39 Å². The van der Waals surface area contributed by atoms with Crippen LogP contribution in [0.15, 0.2) is 48.8 Å². The first-order valence-corrected chi connectivity index (χ1v) is 6.42. The fraction of sp³-hybridized carbons (Fsp3) is 0.250. The fourth-order valence-electron chi connectivity index (χ4n) is 2.37. The van der Waals surface area contributed by atoms with E-state index in [1.165, 1.54) is 6.07 Å². The summed E-state index contributed by atoms with van der Waals surface area (Å²) in [5.41, 5.74) is 1.19. The van der Waals surface area contributed by atoms with E-state index in [-0.39, 0.29) is 12.4 Å². The smallest absolute Gasteiger partial charge is 0.126 e. The summed E-state index contributed by atoms with van der Waals surface area (Å²) in [6.07, 6.45) is 3.56. The number of aromatic nitrogens is 1. The summed E-state index contributed by atoms with van der Waals surface area (Å²) in [5, 5.41) is 18.7. The predicted molar refractivity (Wildman–Crippen MR) is 73.4 cm³/mol. The van der Waals surface area contributed by atoms with Crippen LogP contribution in [-0.4, -0.2) is 16.7 Å². The molecule has 3 nitrogen and oxygen atoms in total. The summed E-state index contributed by atoms with van der Waals surface area (Å²) in [4.78, 5) is 4.00. The van der Waals surface area contributed by atoms with Crippen LogP contribution in [0.2, 0.25) is 0 Å². The maximum Gasteiger partial charge on any atom is 0.126 e. The van der Waals surface area contributed by atoms with Crippen LogP contribution in [0, 0.1) is 17.1 Å². The number of aliphatic hydroxyl groups excluding tert-OH is 1. The molecule has 0 spiro atoms. The molecule has 1 aromatic carbocycles. The summed E-state index contributed by atoms with van der Waals surface area (Å²) < 4.78 is 14.0. The molecule has 0 aliphatic carbocycles. The van der Waals surface area contributed by atoms with Gasteiger partial charge in [-0.15, -0.1) is 0 Å². The lowest BCUT2D eigenvalue weighted by Gasteiger charge is -2.22. The highest BCUT2D eigenvalue weighted by molar-refractivity contribution is 5.32. The van der Waals surface area contributed by atoms with Crippen molar-refractivity contribution in [3.63, 3.8) is 0 Å². The second-order valence-electron chi connectivity index (χ2n) is 4.53. The van der Waals surface area contributed by atoms with Crippen molar-refractivity contribution in [3.8, 4) is 6.07 Å². The molecule has 1 heterocycles. The van der Waals surface area contributed by atoms with Gasteiger partial charge in [0.1, 0.15) is 5.82 Å². The number of pyridine rings is 1. The summed E-state index contributed by atoms with van der Waals surface area (Å²) in [5.74, 6) is -1.28. The van der Waals surface area contributed by atoms with E-state index >= 15 is 0 Å². The maximum atomic E-state index is 14.0. The quantitative estimate of drug-likeness (QED) is 0.908. The van der Waals surface area contributed by atoms with Crippen molar-refractivity contribution in [3.05, 3.63) is 65.7 Å². The lowest BCUT2D eigenvalue weighted by Crippen LogP contribution is -2.13. The van der Waals surface area contributed by atoms with Crippen LogP contribution >= 0.6 is 0 Å². The van der Waals surface area contributed by atoms with E-state index < -0.39 is 11.8 Å². The third-order valence-corrected chi connectivity index (χ3v) is 3.33. The SMILES string of the molecule is N#C[C@@H](c1cccnc1)[C@H](CCO)c1ccccc1F.